The zero-order chi connectivity index (χ0) is 20.6. The van der Waals surface area contributed by atoms with Crippen LogP contribution in [0.4, 0.5) is 5.82 Å². The largest absolute Gasteiger partial charge is 0.353 e. The lowest BCUT2D eigenvalue weighted by molar-refractivity contribution is 0.0745. The average molecular weight is 435 g/mol. The molecule has 0 atom stereocenters. The van der Waals surface area contributed by atoms with Crippen molar-refractivity contribution in [2.24, 2.45) is 0 Å². The first-order chi connectivity index (χ1) is 13.8. The summed E-state index contributed by atoms with van der Waals surface area (Å²) in [6, 6.07) is 8.44. The molecule has 1 N–H and O–H groups in total. The first-order valence-electron chi connectivity index (χ1n) is 9.62. The summed E-state index contributed by atoms with van der Waals surface area (Å²) in [7, 11) is -3.60. The Morgan fingerprint density at radius 3 is 2.48 bits per heavy atom. The fourth-order valence-corrected chi connectivity index (χ4v) is 4.79. The van der Waals surface area contributed by atoms with Gasteiger partial charge in [-0.05, 0) is 49.6 Å². The van der Waals surface area contributed by atoms with Crippen molar-refractivity contribution in [2.75, 3.05) is 31.1 Å². The molecular weight excluding hydrogens is 412 g/mol. The number of sulfonamides is 1. The van der Waals surface area contributed by atoms with Gasteiger partial charge in [-0.1, -0.05) is 17.7 Å². The smallest absolute Gasteiger partial charge is 0.254 e. The van der Waals surface area contributed by atoms with Crippen LogP contribution in [0.1, 0.15) is 28.8 Å². The van der Waals surface area contributed by atoms with Gasteiger partial charge < -0.3 is 9.80 Å². The van der Waals surface area contributed by atoms with Crippen molar-refractivity contribution in [3.8, 4) is 0 Å². The molecule has 2 aromatic rings. The Morgan fingerprint density at radius 1 is 1.14 bits per heavy atom. The second kappa shape index (κ2) is 7.93. The summed E-state index contributed by atoms with van der Waals surface area (Å²) in [5.74, 6) is 0.687. The van der Waals surface area contributed by atoms with E-state index in [4.69, 9.17) is 11.6 Å². The number of anilines is 1. The Kier molecular flexibility index (Phi) is 5.50. The topological polar surface area (TPSA) is 82.6 Å². The predicted molar refractivity (Wildman–Crippen MR) is 112 cm³/mol. The lowest BCUT2D eigenvalue weighted by Crippen LogP contribution is -2.49. The number of carbonyl (C=O) groups is 1. The maximum atomic E-state index is 13.1. The van der Waals surface area contributed by atoms with Crippen LogP contribution in [0.3, 0.4) is 0 Å². The van der Waals surface area contributed by atoms with Gasteiger partial charge in [0.2, 0.25) is 10.0 Å². The molecule has 1 saturated heterocycles. The van der Waals surface area contributed by atoms with E-state index in [1.54, 1.807) is 29.3 Å². The van der Waals surface area contributed by atoms with E-state index in [0.717, 1.165) is 24.2 Å². The van der Waals surface area contributed by atoms with Gasteiger partial charge in [-0.25, -0.2) is 18.1 Å². The number of amides is 1. The van der Waals surface area contributed by atoms with E-state index < -0.39 is 10.0 Å². The molecule has 9 heteroatoms. The molecule has 154 valence electrons. The van der Waals surface area contributed by atoms with Gasteiger partial charge in [-0.2, -0.15) is 0 Å². The molecule has 1 aliphatic carbocycles. The molecule has 2 heterocycles. The second-order valence-electron chi connectivity index (χ2n) is 7.49. The van der Waals surface area contributed by atoms with E-state index in [9.17, 15) is 13.2 Å². The van der Waals surface area contributed by atoms with E-state index in [1.165, 1.54) is 6.07 Å². The SMILES string of the molecule is Cc1ccc(S(=O)(=O)NC2CC2)cc1C(=O)N1CCN(c2ccc(Cl)cn2)CC1. The van der Waals surface area contributed by atoms with E-state index in [0.29, 0.717) is 36.8 Å². The van der Waals surface area contributed by atoms with Gasteiger partial charge in [-0.3, -0.25) is 4.79 Å². The van der Waals surface area contributed by atoms with Crippen LogP contribution in [0, 0.1) is 6.92 Å². The summed E-state index contributed by atoms with van der Waals surface area (Å²) in [6.07, 6.45) is 3.34. The fraction of sp³-hybridized carbons (Fsp3) is 0.400. The highest BCUT2D eigenvalue weighted by Crippen LogP contribution is 2.24. The molecule has 7 nitrogen and oxygen atoms in total. The first kappa shape index (κ1) is 20.1. The minimum absolute atomic E-state index is 0.0232. The van der Waals surface area contributed by atoms with Crippen LogP contribution in [-0.4, -0.2) is 56.4 Å². The number of hydrogen-bond donors (Lipinski definition) is 1. The highest BCUT2D eigenvalue weighted by Gasteiger charge is 2.29. The van der Waals surface area contributed by atoms with Crippen LogP contribution in [0.25, 0.3) is 0 Å². The number of piperazine rings is 1. The first-order valence-corrected chi connectivity index (χ1v) is 11.5. The molecule has 1 amide bonds. The number of halogens is 1. The Hall–Kier alpha value is -2.16. The molecule has 0 radical (unpaired) electrons. The summed E-state index contributed by atoms with van der Waals surface area (Å²) in [6.45, 7) is 4.22. The third kappa shape index (κ3) is 4.55. The molecule has 1 aliphatic heterocycles. The normalized spacial score (nSPS) is 17.4. The number of rotatable bonds is 5. The summed E-state index contributed by atoms with van der Waals surface area (Å²) in [4.78, 5) is 21.4. The van der Waals surface area contributed by atoms with Gasteiger partial charge in [0, 0.05) is 44.0 Å². The second-order valence-corrected chi connectivity index (χ2v) is 9.64. The van der Waals surface area contributed by atoms with E-state index in [-0.39, 0.29) is 16.8 Å². The number of nitrogens with one attached hydrogen (secondary N) is 1. The van der Waals surface area contributed by atoms with Crippen molar-refractivity contribution in [1.29, 1.82) is 0 Å². The zero-order valence-electron chi connectivity index (χ0n) is 16.1. The van der Waals surface area contributed by atoms with Gasteiger partial charge in [0.15, 0.2) is 0 Å². The van der Waals surface area contributed by atoms with Crippen LogP contribution in [-0.2, 0) is 10.0 Å². The van der Waals surface area contributed by atoms with Crippen molar-refractivity contribution in [2.45, 2.75) is 30.7 Å². The average Bonchev–Trinajstić information content (AvgIpc) is 3.52. The third-order valence-corrected chi connectivity index (χ3v) is 6.99. The van der Waals surface area contributed by atoms with Crippen molar-refractivity contribution in [3.63, 3.8) is 0 Å². The minimum atomic E-state index is -3.60. The molecule has 1 aromatic heterocycles. The van der Waals surface area contributed by atoms with Gasteiger partial charge >= 0.3 is 0 Å². The molecule has 29 heavy (non-hydrogen) atoms. The van der Waals surface area contributed by atoms with E-state index in [1.807, 2.05) is 13.0 Å². The third-order valence-electron chi connectivity index (χ3n) is 5.25. The molecule has 0 unspecified atom stereocenters. The standard InChI is InChI=1S/C20H23ClN4O3S/c1-14-2-6-17(29(27,28)23-16-4-5-16)12-18(14)20(26)25-10-8-24(9-11-25)19-7-3-15(21)13-22-19/h2-3,6-7,12-13,16,23H,4-5,8-11H2,1H3. The molecule has 2 fully saturated rings. The minimum Gasteiger partial charge on any atom is -0.353 e. The maximum absolute atomic E-state index is 13.1. The monoisotopic (exact) mass is 434 g/mol. The van der Waals surface area contributed by atoms with Crippen molar-refractivity contribution in [3.05, 3.63) is 52.7 Å². The van der Waals surface area contributed by atoms with Crippen molar-refractivity contribution in [1.82, 2.24) is 14.6 Å². The summed E-state index contributed by atoms with van der Waals surface area (Å²) in [5.41, 5.74) is 1.20. The number of pyridine rings is 1. The molecule has 2 aliphatic rings. The number of aryl methyl sites for hydroxylation is 1. The zero-order valence-corrected chi connectivity index (χ0v) is 17.7. The van der Waals surface area contributed by atoms with Crippen LogP contribution >= 0.6 is 11.6 Å². The van der Waals surface area contributed by atoms with Gasteiger partial charge in [0.05, 0.1) is 9.92 Å². The molecule has 1 saturated carbocycles. The number of hydrogen-bond acceptors (Lipinski definition) is 5. The summed E-state index contributed by atoms with van der Waals surface area (Å²) >= 11 is 5.89. The Morgan fingerprint density at radius 2 is 1.86 bits per heavy atom. The fourth-order valence-electron chi connectivity index (χ4n) is 3.35. The van der Waals surface area contributed by atoms with Crippen LogP contribution in [0.2, 0.25) is 5.02 Å². The lowest BCUT2D eigenvalue weighted by Gasteiger charge is -2.35. The van der Waals surface area contributed by atoms with Crippen molar-refractivity contribution >= 4 is 33.3 Å². The number of aromatic nitrogens is 1. The molecule has 0 spiro atoms. The highest BCUT2D eigenvalue weighted by atomic mass is 35.5. The van der Waals surface area contributed by atoms with Crippen molar-refractivity contribution < 1.29 is 13.2 Å². The van der Waals surface area contributed by atoms with Crippen LogP contribution < -0.4 is 9.62 Å². The number of carbonyl (C=O) groups excluding carboxylic acids is 1. The molecule has 1 aromatic carbocycles. The summed E-state index contributed by atoms with van der Waals surface area (Å²) < 4.78 is 27.7. The van der Waals surface area contributed by atoms with Gasteiger partial charge in [-0.15, -0.1) is 0 Å². The number of benzene rings is 1. The van der Waals surface area contributed by atoms with Gasteiger partial charge in [0.25, 0.3) is 5.91 Å². The Bertz CT molecular complexity index is 1010. The lowest BCUT2D eigenvalue weighted by atomic mass is 10.1. The van der Waals surface area contributed by atoms with Crippen LogP contribution in [0.5, 0.6) is 0 Å². The van der Waals surface area contributed by atoms with E-state index in [2.05, 4.69) is 14.6 Å². The Labute approximate surface area is 175 Å². The van der Waals surface area contributed by atoms with E-state index >= 15 is 0 Å². The van der Waals surface area contributed by atoms with Crippen LogP contribution in [0.15, 0.2) is 41.4 Å². The van der Waals surface area contributed by atoms with Gasteiger partial charge in [0.1, 0.15) is 5.82 Å². The molecule has 4 rings (SSSR count). The molecular formula is C20H23ClN4O3S. The maximum Gasteiger partial charge on any atom is 0.254 e. The quantitative estimate of drug-likeness (QED) is 0.781. The Balaban J connectivity index is 1.47. The summed E-state index contributed by atoms with van der Waals surface area (Å²) in [5, 5.41) is 0.587. The predicted octanol–water partition coefficient (Wildman–Crippen LogP) is 2.45. The number of nitrogens with zero attached hydrogens (tertiary/aromatic N) is 3. The molecule has 0 bridgehead atoms. The highest BCUT2D eigenvalue weighted by molar-refractivity contribution is 7.89.